The minimum absolute atomic E-state index is 0.0887. The number of hydrogen-bond acceptors (Lipinski definition) is 4. The minimum Gasteiger partial charge on any atom is -0.373 e. The predicted molar refractivity (Wildman–Crippen MR) is 74.3 cm³/mol. The maximum Gasteiger partial charge on any atom is 0.328 e. The molecule has 1 heterocycles. The third kappa shape index (κ3) is 4.44. The fourth-order valence-electron chi connectivity index (χ4n) is 1.40. The summed E-state index contributed by atoms with van der Waals surface area (Å²) in [6.45, 7) is 3.62. The van der Waals surface area contributed by atoms with Crippen molar-refractivity contribution in [3.63, 3.8) is 0 Å². The van der Waals surface area contributed by atoms with Crippen molar-refractivity contribution in [3.05, 3.63) is 18.5 Å². The lowest BCUT2D eigenvalue weighted by Gasteiger charge is -2.12. The maximum absolute atomic E-state index is 12.1. The summed E-state index contributed by atoms with van der Waals surface area (Å²) in [6.07, 6.45) is 7.94. The van der Waals surface area contributed by atoms with Crippen LogP contribution in [0.15, 0.2) is 23.4 Å². The Kier molecular flexibility index (Phi) is 5.34. The van der Waals surface area contributed by atoms with Gasteiger partial charge in [-0.15, -0.1) is 6.42 Å². The normalized spacial score (nSPS) is 10.7. The molecule has 0 atom stereocenters. The van der Waals surface area contributed by atoms with E-state index < -0.39 is 16.1 Å². The Balaban J connectivity index is 2.98. The minimum atomic E-state index is -3.99. The summed E-state index contributed by atoms with van der Waals surface area (Å²) >= 11 is 0. The third-order valence-electron chi connectivity index (χ3n) is 2.14. The Morgan fingerprint density at radius 3 is 2.80 bits per heavy atom. The SMILES string of the molecule is C#CCNc1cc[nH+]cc1S(=O)(=O)NC(=O)NC(C)C. The van der Waals surface area contributed by atoms with E-state index in [2.05, 4.69) is 21.5 Å². The average Bonchev–Trinajstić information content (AvgIpc) is 2.34. The summed E-state index contributed by atoms with van der Waals surface area (Å²) < 4.78 is 26.2. The Hall–Kier alpha value is -2.27. The number of carbonyl (C=O) groups is 1. The third-order valence-corrected chi connectivity index (χ3v) is 3.51. The van der Waals surface area contributed by atoms with Crippen molar-refractivity contribution in [1.82, 2.24) is 10.0 Å². The molecule has 0 unspecified atom stereocenters. The first-order valence-corrected chi connectivity index (χ1v) is 7.36. The number of nitrogens with one attached hydrogen (secondary N) is 4. The molecule has 8 heteroatoms. The Bertz CT molecular complexity index is 620. The predicted octanol–water partition coefficient (Wildman–Crippen LogP) is -0.0579. The van der Waals surface area contributed by atoms with Crippen LogP contribution in [0, 0.1) is 12.3 Å². The van der Waals surface area contributed by atoms with Gasteiger partial charge in [0.05, 0.1) is 12.2 Å². The summed E-state index contributed by atoms with van der Waals surface area (Å²) in [4.78, 5) is 14.1. The molecule has 4 N–H and O–H groups in total. The number of amides is 2. The van der Waals surface area contributed by atoms with Gasteiger partial charge in [0.15, 0.2) is 17.3 Å². The number of pyridine rings is 1. The summed E-state index contributed by atoms with van der Waals surface area (Å²) in [5, 5.41) is 5.22. The topological polar surface area (TPSA) is 101 Å². The Morgan fingerprint density at radius 1 is 1.50 bits per heavy atom. The molecule has 0 aliphatic carbocycles. The zero-order valence-electron chi connectivity index (χ0n) is 11.2. The fraction of sp³-hybridized carbons (Fsp3) is 0.333. The molecule has 0 saturated carbocycles. The van der Waals surface area contributed by atoms with Crippen molar-refractivity contribution >= 4 is 21.7 Å². The summed E-state index contributed by atoms with van der Waals surface area (Å²) in [7, 11) is -3.99. The molecular weight excluding hydrogens is 280 g/mol. The lowest BCUT2D eigenvalue weighted by atomic mass is 10.4. The van der Waals surface area contributed by atoms with E-state index in [-0.39, 0.29) is 17.5 Å². The van der Waals surface area contributed by atoms with Crippen LogP contribution in [0.3, 0.4) is 0 Å². The number of aromatic nitrogens is 1. The quantitative estimate of drug-likeness (QED) is 0.663. The molecule has 20 heavy (non-hydrogen) atoms. The van der Waals surface area contributed by atoms with Gasteiger partial charge in [-0.2, -0.15) is 0 Å². The molecule has 0 aromatic carbocycles. The van der Waals surface area contributed by atoms with Gasteiger partial charge in [-0.3, -0.25) is 0 Å². The van der Waals surface area contributed by atoms with E-state index in [4.69, 9.17) is 6.42 Å². The van der Waals surface area contributed by atoms with Crippen LogP contribution < -0.4 is 20.3 Å². The second kappa shape index (κ2) is 6.77. The highest BCUT2D eigenvalue weighted by Gasteiger charge is 2.23. The molecular formula is C12H17N4O3S+. The van der Waals surface area contributed by atoms with Gasteiger partial charge in [-0.1, -0.05) is 5.92 Å². The zero-order valence-corrected chi connectivity index (χ0v) is 12.0. The van der Waals surface area contributed by atoms with Crippen LogP contribution in [0.2, 0.25) is 0 Å². The van der Waals surface area contributed by atoms with Gasteiger partial charge in [-0.25, -0.2) is 22.9 Å². The summed E-state index contributed by atoms with van der Waals surface area (Å²) in [5.74, 6) is 2.35. The first kappa shape index (κ1) is 15.8. The van der Waals surface area contributed by atoms with Gasteiger partial charge in [0.2, 0.25) is 0 Å². The molecule has 108 valence electrons. The maximum atomic E-state index is 12.1. The number of rotatable bonds is 5. The van der Waals surface area contributed by atoms with Gasteiger partial charge in [0.1, 0.15) is 0 Å². The Morgan fingerprint density at radius 2 is 2.20 bits per heavy atom. The number of hydrogen-bond donors (Lipinski definition) is 3. The highest BCUT2D eigenvalue weighted by Crippen LogP contribution is 2.17. The van der Waals surface area contributed by atoms with E-state index in [1.54, 1.807) is 20.0 Å². The summed E-state index contributed by atoms with van der Waals surface area (Å²) in [5.41, 5.74) is 0.312. The highest BCUT2D eigenvalue weighted by molar-refractivity contribution is 7.90. The molecule has 1 aromatic heterocycles. The van der Waals surface area contributed by atoms with Crippen LogP contribution in [0.4, 0.5) is 10.5 Å². The van der Waals surface area contributed by atoms with Gasteiger partial charge >= 0.3 is 6.03 Å². The van der Waals surface area contributed by atoms with Crippen LogP contribution in [-0.4, -0.2) is 27.0 Å². The van der Waals surface area contributed by atoms with Crippen LogP contribution >= 0.6 is 0 Å². The van der Waals surface area contributed by atoms with Gasteiger partial charge in [-0.05, 0) is 13.8 Å². The molecule has 1 aromatic rings. The van der Waals surface area contributed by atoms with Crippen LogP contribution in [0.25, 0.3) is 0 Å². The van der Waals surface area contributed by atoms with Crippen molar-refractivity contribution in [1.29, 1.82) is 0 Å². The van der Waals surface area contributed by atoms with Crippen LogP contribution in [0.5, 0.6) is 0 Å². The average molecular weight is 297 g/mol. The van der Waals surface area contributed by atoms with Gasteiger partial charge < -0.3 is 10.6 Å². The lowest BCUT2D eigenvalue weighted by Crippen LogP contribution is -2.42. The number of sulfonamides is 1. The zero-order chi connectivity index (χ0) is 15.2. The standard InChI is InChI=1S/C12H16N4O3S/c1-4-6-14-10-5-7-13-8-11(10)20(18,19)16-12(17)15-9(2)3/h1,5,7-9H,6H2,2-3H3,(H,13,14)(H2,15,16,17)/p+1. The van der Waals surface area contributed by atoms with E-state index in [9.17, 15) is 13.2 Å². The first-order chi connectivity index (χ1) is 9.36. The van der Waals surface area contributed by atoms with Gasteiger partial charge in [0.25, 0.3) is 10.0 Å². The molecule has 0 saturated heterocycles. The van der Waals surface area contributed by atoms with Crippen LogP contribution in [0.1, 0.15) is 13.8 Å². The highest BCUT2D eigenvalue weighted by atomic mass is 32.2. The van der Waals surface area contributed by atoms with Crippen molar-refractivity contribution < 1.29 is 18.2 Å². The van der Waals surface area contributed by atoms with E-state index >= 15 is 0 Å². The van der Waals surface area contributed by atoms with Crippen molar-refractivity contribution in [2.24, 2.45) is 0 Å². The lowest BCUT2D eigenvalue weighted by molar-refractivity contribution is -0.380. The van der Waals surface area contributed by atoms with Crippen molar-refractivity contribution in [3.8, 4) is 12.3 Å². The van der Waals surface area contributed by atoms with E-state index in [1.807, 2.05) is 4.72 Å². The number of urea groups is 1. The second-order valence-electron chi connectivity index (χ2n) is 4.21. The van der Waals surface area contributed by atoms with E-state index in [0.29, 0.717) is 5.69 Å². The fourth-order valence-corrected chi connectivity index (χ4v) is 2.46. The Labute approximate surface area is 118 Å². The molecule has 0 aliphatic rings. The van der Waals surface area contributed by atoms with Crippen molar-refractivity contribution in [2.45, 2.75) is 24.8 Å². The number of terminal acetylenes is 1. The molecule has 0 radical (unpaired) electrons. The molecule has 0 bridgehead atoms. The van der Waals surface area contributed by atoms with Crippen molar-refractivity contribution in [2.75, 3.05) is 11.9 Å². The van der Waals surface area contributed by atoms with E-state index in [1.165, 1.54) is 12.3 Å². The monoisotopic (exact) mass is 297 g/mol. The second-order valence-corrected chi connectivity index (χ2v) is 5.86. The number of aromatic amines is 1. The van der Waals surface area contributed by atoms with E-state index in [0.717, 1.165) is 0 Å². The molecule has 0 spiro atoms. The van der Waals surface area contributed by atoms with Gasteiger partial charge in [0, 0.05) is 12.1 Å². The molecule has 1 rings (SSSR count). The number of carbonyl (C=O) groups excluding carboxylic acids is 1. The number of anilines is 1. The summed E-state index contributed by atoms with van der Waals surface area (Å²) in [6, 6.07) is 0.560. The first-order valence-electron chi connectivity index (χ1n) is 5.87. The molecule has 7 nitrogen and oxygen atoms in total. The molecule has 0 aliphatic heterocycles. The van der Waals surface area contributed by atoms with Crippen LogP contribution in [-0.2, 0) is 10.0 Å². The molecule has 2 amide bonds. The smallest absolute Gasteiger partial charge is 0.328 e. The number of H-pyrrole nitrogens is 1. The molecule has 0 fully saturated rings. The largest absolute Gasteiger partial charge is 0.373 e.